The molecule has 11 heteroatoms. The van der Waals surface area contributed by atoms with Gasteiger partial charge in [-0.05, 0) is 31.6 Å². The number of amides is 3. The van der Waals surface area contributed by atoms with Crippen LogP contribution in [-0.2, 0) is 25.6 Å². The van der Waals surface area contributed by atoms with E-state index in [4.69, 9.17) is 10.8 Å². The molecule has 0 saturated heterocycles. The summed E-state index contributed by atoms with van der Waals surface area (Å²) in [6, 6.07) is -3.81. The average Bonchev–Trinajstić information content (AvgIpc) is 3.18. The van der Waals surface area contributed by atoms with E-state index >= 15 is 0 Å². The number of H-pyrrole nitrogens is 1. The van der Waals surface area contributed by atoms with Gasteiger partial charge in [0.1, 0.15) is 18.1 Å². The van der Waals surface area contributed by atoms with Gasteiger partial charge in [0.2, 0.25) is 17.7 Å². The minimum Gasteiger partial charge on any atom is -0.480 e. The van der Waals surface area contributed by atoms with Gasteiger partial charge in [-0.2, -0.15) is 0 Å². The summed E-state index contributed by atoms with van der Waals surface area (Å²) >= 11 is 0. The van der Waals surface area contributed by atoms with Crippen molar-refractivity contribution >= 4 is 23.7 Å². The molecule has 3 amide bonds. The summed E-state index contributed by atoms with van der Waals surface area (Å²) in [5.41, 5.74) is 6.67. The van der Waals surface area contributed by atoms with Crippen LogP contribution in [0.25, 0.3) is 0 Å². The maximum Gasteiger partial charge on any atom is 0.325 e. The first-order chi connectivity index (χ1) is 14.9. The first kappa shape index (κ1) is 27.1. The molecule has 0 saturated carbocycles. The Morgan fingerprint density at radius 1 is 0.938 bits per heavy atom. The molecule has 11 nitrogen and oxygen atoms in total. The van der Waals surface area contributed by atoms with E-state index < -0.39 is 47.9 Å². The zero-order valence-electron chi connectivity index (χ0n) is 19.3. The second-order valence-corrected chi connectivity index (χ2v) is 8.84. The third-order valence-electron chi connectivity index (χ3n) is 4.74. The van der Waals surface area contributed by atoms with E-state index in [-0.39, 0.29) is 18.3 Å². The van der Waals surface area contributed by atoms with E-state index in [1.165, 1.54) is 13.3 Å². The van der Waals surface area contributed by atoms with Gasteiger partial charge in [-0.25, -0.2) is 4.98 Å². The highest BCUT2D eigenvalue weighted by Gasteiger charge is 2.30. The predicted molar refractivity (Wildman–Crippen MR) is 118 cm³/mol. The zero-order valence-corrected chi connectivity index (χ0v) is 19.3. The molecule has 180 valence electrons. The van der Waals surface area contributed by atoms with E-state index in [0.717, 1.165) is 0 Å². The first-order valence-electron chi connectivity index (χ1n) is 10.8. The quantitative estimate of drug-likeness (QED) is 0.242. The molecule has 0 bridgehead atoms. The lowest BCUT2D eigenvalue weighted by Crippen LogP contribution is -2.57. The smallest absolute Gasteiger partial charge is 0.325 e. The molecule has 1 aromatic rings. The van der Waals surface area contributed by atoms with Crippen molar-refractivity contribution in [2.45, 2.75) is 78.0 Å². The number of hydrogen-bond donors (Lipinski definition) is 6. The molecule has 0 aliphatic carbocycles. The molecule has 0 fully saturated rings. The van der Waals surface area contributed by atoms with Crippen molar-refractivity contribution in [2.24, 2.45) is 17.6 Å². The monoisotopic (exact) mass is 452 g/mol. The second-order valence-electron chi connectivity index (χ2n) is 8.84. The van der Waals surface area contributed by atoms with Crippen LogP contribution in [0.2, 0.25) is 0 Å². The van der Waals surface area contributed by atoms with Crippen molar-refractivity contribution in [1.29, 1.82) is 0 Å². The Morgan fingerprint density at radius 2 is 1.44 bits per heavy atom. The number of nitrogens with two attached hydrogens (primary N) is 1. The summed E-state index contributed by atoms with van der Waals surface area (Å²) in [6.07, 6.45) is 3.94. The van der Waals surface area contributed by atoms with Gasteiger partial charge in [-0.3, -0.25) is 19.2 Å². The van der Waals surface area contributed by atoms with Crippen LogP contribution in [0, 0.1) is 11.8 Å². The minimum absolute atomic E-state index is 0.0622. The standard InChI is InChI=1S/C21H36N6O5/c1-11(2)6-16(19(29)25-13(5)21(31)32)27-20(30)17(7-12(3)4)26-18(28)15(22)8-14-9-23-10-24-14/h9-13,15-17H,6-8,22H2,1-5H3,(H,23,24)(H,25,29)(H,26,28)(H,27,30)(H,31,32). The maximum absolute atomic E-state index is 13.0. The fraction of sp³-hybridized carbons (Fsp3) is 0.667. The van der Waals surface area contributed by atoms with Gasteiger partial charge in [-0.15, -0.1) is 0 Å². The van der Waals surface area contributed by atoms with Crippen molar-refractivity contribution in [3.8, 4) is 0 Å². The summed E-state index contributed by atoms with van der Waals surface area (Å²) in [6.45, 7) is 8.93. The van der Waals surface area contributed by atoms with Gasteiger partial charge in [0, 0.05) is 18.3 Å². The number of aromatic amines is 1. The Kier molecular flexibility index (Phi) is 10.8. The number of aliphatic carboxylic acids is 1. The number of nitrogens with zero attached hydrogens (tertiary/aromatic N) is 1. The molecule has 4 atom stereocenters. The van der Waals surface area contributed by atoms with Crippen LogP contribution < -0.4 is 21.7 Å². The Morgan fingerprint density at radius 3 is 1.88 bits per heavy atom. The van der Waals surface area contributed by atoms with Gasteiger partial charge >= 0.3 is 5.97 Å². The van der Waals surface area contributed by atoms with E-state index in [1.54, 1.807) is 6.20 Å². The number of carboxylic acids is 1. The molecule has 0 aliphatic heterocycles. The molecule has 0 aromatic carbocycles. The van der Waals surface area contributed by atoms with Gasteiger partial charge in [0.15, 0.2) is 0 Å². The van der Waals surface area contributed by atoms with Crippen molar-refractivity contribution in [3.63, 3.8) is 0 Å². The first-order valence-corrected chi connectivity index (χ1v) is 10.8. The largest absolute Gasteiger partial charge is 0.480 e. The van der Waals surface area contributed by atoms with Crippen molar-refractivity contribution in [2.75, 3.05) is 0 Å². The van der Waals surface area contributed by atoms with Gasteiger partial charge in [0.25, 0.3) is 0 Å². The highest BCUT2D eigenvalue weighted by atomic mass is 16.4. The molecule has 0 radical (unpaired) electrons. The van der Waals surface area contributed by atoms with E-state index in [9.17, 15) is 19.2 Å². The molecule has 7 N–H and O–H groups in total. The van der Waals surface area contributed by atoms with Crippen LogP contribution >= 0.6 is 0 Å². The summed E-state index contributed by atoms with van der Waals surface area (Å²) < 4.78 is 0. The van der Waals surface area contributed by atoms with Crippen LogP contribution in [0.4, 0.5) is 0 Å². The van der Waals surface area contributed by atoms with Crippen LogP contribution in [-0.4, -0.2) is 62.9 Å². The third kappa shape index (κ3) is 9.46. The van der Waals surface area contributed by atoms with Crippen LogP contribution in [0.5, 0.6) is 0 Å². The fourth-order valence-electron chi connectivity index (χ4n) is 3.06. The Labute approximate surface area is 188 Å². The lowest BCUT2D eigenvalue weighted by molar-refractivity contribution is -0.142. The predicted octanol–water partition coefficient (Wildman–Crippen LogP) is -0.0694. The highest BCUT2D eigenvalue weighted by molar-refractivity contribution is 5.94. The normalized spacial score (nSPS) is 15.0. The molecule has 1 rings (SSSR count). The lowest BCUT2D eigenvalue weighted by Gasteiger charge is -2.26. The number of nitrogens with one attached hydrogen (secondary N) is 4. The molecular weight excluding hydrogens is 416 g/mol. The van der Waals surface area contributed by atoms with Crippen LogP contribution in [0.15, 0.2) is 12.5 Å². The molecule has 1 heterocycles. The number of carbonyl (C=O) groups excluding carboxylic acids is 3. The number of aromatic nitrogens is 2. The topological polar surface area (TPSA) is 179 Å². The summed E-state index contributed by atoms with van der Waals surface area (Å²) in [7, 11) is 0. The van der Waals surface area contributed by atoms with Gasteiger partial charge < -0.3 is 31.8 Å². The number of rotatable bonds is 13. The second kappa shape index (κ2) is 12.8. The zero-order chi connectivity index (χ0) is 24.4. The maximum atomic E-state index is 13.0. The van der Waals surface area contributed by atoms with Crippen LogP contribution in [0.3, 0.4) is 0 Å². The highest BCUT2D eigenvalue weighted by Crippen LogP contribution is 2.10. The number of imidazole rings is 1. The molecule has 32 heavy (non-hydrogen) atoms. The minimum atomic E-state index is -1.18. The molecule has 4 unspecified atom stereocenters. The van der Waals surface area contributed by atoms with Gasteiger partial charge in [0.05, 0.1) is 12.4 Å². The summed E-state index contributed by atoms with van der Waals surface area (Å²) in [4.78, 5) is 56.0. The fourth-order valence-corrected chi connectivity index (χ4v) is 3.06. The Balaban J connectivity index is 2.88. The average molecular weight is 453 g/mol. The Hall–Kier alpha value is -2.95. The van der Waals surface area contributed by atoms with Crippen molar-refractivity contribution in [3.05, 3.63) is 18.2 Å². The summed E-state index contributed by atoms with van der Waals surface area (Å²) in [5.74, 6) is -2.64. The molecule has 1 aromatic heterocycles. The Bertz CT molecular complexity index is 765. The van der Waals surface area contributed by atoms with Crippen molar-refractivity contribution in [1.82, 2.24) is 25.9 Å². The molecule has 0 spiro atoms. The SMILES string of the molecule is CC(C)CC(NC(=O)C(N)Cc1cnc[nH]1)C(=O)NC(CC(C)C)C(=O)NC(C)C(=O)O. The van der Waals surface area contributed by atoms with E-state index in [2.05, 4.69) is 25.9 Å². The third-order valence-corrected chi connectivity index (χ3v) is 4.74. The number of carbonyl (C=O) groups is 4. The summed E-state index contributed by atoms with van der Waals surface area (Å²) in [5, 5.41) is 16.8. The van der Waals surface area contributed by atoms with Crippen LogP contribution in [0.1, 0.15) is 53.2 Å². The van der Waals surface area contributed by atoms with E-state index in [1.807, 2.05) is 27.7 Å². The number of hydrogen-bond acceptors (Lipinski definition) is 6. The van der Waals surface area contributed by atoms with Crippen molar-refractivity contribution < 1.29 is 24.3 Å². The van der Waals surface area contributed by atoms with Gasteiger partial charge in [-0.1, -0.05) is 27.7 Å². The number of carboxylic acid groups (broad SMARTS) is 1. The lowest BCUT2D eigenvalue weighted by atomic mass is 9.99. The van der Waals surface area contributed by atoms with E-state index in [0.29, 0.717) is 18.5 Å². The molecular formula is C21H36N6O5. The molecule has 0 aliphatic rings.